The van der Waals surface area contributed by atoms with Crippen molar-refractivity contribution < 1.29 is 5.11 Å². The molecule has 1 saturated heterocycles. The van der Waals surface area contributed by atoms with Crippen LogP contribution in [-0.2, 0) is 11.8 Å². The maximum absolute atomic E-state index is 9.87. The van der Waals surface area contributed by atoms with Gasteiger partial charge >= 0.3 is 0 Å². The van der Waals surface area contributed by atoms with Crippen molar-refractivity contribution in [1.82, 2.24) is 4.90 Å². The first kappa shape index (κ1) is 14.6. The Bertz CT molecular complexity index is 573. The minimum Gasteiger partial charge on any atom is -0.508 e. The number of benzene rings is 1. The van der Waals surface area contributed by atoms with E-state index in [0.717, 1.165) is 19.5 Å². The number of allylic oxidation sites excluding steroid dienone is 1. The fourth-order valence-electron chi connectivity index (χ4n) is 4.22. The Morgan fingerprint density at radius 2 is 2.19 bits per heavy atom. The summed E-state index contributed by atoms with van der Waals surface area (Å²) in [6.45, 7) is 11.4. The van der Waals surface area contributed by atoms with Gasteiger partial charge in [0.1, 0.15) is 5.75 Å². The first-order valence-electron chi connectivity index (χ1n) is 8.11. The Morgan fingerprint density at radius 3 is 2.90 bits per heavy atom. The Morgan fingerprint density at radius 1 is 1.43 bits per heavy atom. The molecule has 114 valence electrons. The molecule has 0 saturated carbocycles. The number of phenolic OH excluding ortho intramolecular Hbond substituents is 1. The second-order valence-corrected chi connectivity index (χ2v) is 7.35. The third-order valence-electron chi connectivity index (χ3n) is 5.84. The molecule has 0 spiro atoms. The number of hydrogen-bond donors (Lipinski definition) is 1. The van der Waals surface area contributed by atoms with Crippen molar-refractivity contribution in [1.29, 1.82) is 0 Å². The van der Waals surface area contributed by atoms with E-state index in [-0.39, 0.29) is 5.41 Å². The molecule has 1 aliphatic heterocycles. The second kappa shape index (κ2) is 5.17. The van der Waals surface area contributed by atoms with Crippen LogP contribution in [0.15, 0.2) is 29.8 Å². The fourth-order valence-corrected chi connectivity index (χ4v) is 4.22. The van der Waals surface area contributed by atoms with Gasteiger partial charge in [0.05, 0.1) is 0 Å². The van der Waals surface area contributed by atoms with E-state index in [1.165, 1.54) is 23.1 Å². The molecule has 1 N–H and O–H groups in total. The minimum atomic E-state index is 0.207. The summed E-state index contributed by atoms with van der Waals surface area (Å²) in [6, 6.07) is 6.60. The number of nitrogens with zero attached hydrogens (tertiary/aromatic N) is 1. The first-order valence-corrected chi connectivity index (χ1v) is 8.11. The van der Waals surface area contributed by atoms with Crippen LogP contribution in [0.3, 0.4) is 0 Å². The largest absolute Gasteiger partial charge is 0.508 e. The molecule has 3 rings (SSSR count). The molecule has 0 radical (unpaired) electrons. The summed E-state index contributed by atoms with van der Waals surface area (Å²) < 4.78 is 0. The minimum absolute atomic E-state index is 0.207. The second-order valence-electron chi connectivity index (χ2n) is 7.35. The standard InChI is InChI=1S/C19H27NO/c1-13(2)7-9-20-10-8-19(4)14(3)18(20)11-15-5-6-16(21)12-17(15)19/h5-7,12,14,18,21H,8-11H2,1-4H3/t14-,18-,19-/m0/s1. The molecule has 0 unspecified atom stereocenters. The molecule has 1 aliphatic carbocycles. The summed E-state index contributed by atoms with van der Waals surface area (Å²) in [7, 11) is 0. The van der Waals surface area contributed by atoms with Crippen molar-refractivity contribution in [2.24, 2.45) is 5.92 Å². The van der Waals surface area contributed by atoms with E-state index in [9.17, 15) is 5.11 Å². The van der Waals surface area contributed by atoms with Gasteiger partial charge in [-0.1, -0.05) is 31.6 Å². The van der Waals surface area contributed by atoms with Gasteiger partial charge < -0.3 is 5.11 Å². The van der Waals surface area contributed by atoms with Crippen LogP contribution in [-0.4, -0.2) is 29.1 Å². The zero-order valence-electron chi connectivity index (χ0n) is 13.7. The van der Waals surface area contributed by atoms with Gasteiger partial charge in [0.2, 0.25) is 0 Å². The number of phenols is 1. The molecule has 2 aliphatic rings. The average molecular weight is 285 g/mol. The van der Waals surface area contributed by atoms with E-state index in [1.54, 1.807) is 0 Å². The van der Waals surface area contributed by atoms with Crippen LogP contribution in [0.2, 0.25) is 0 Å². The first-order chi connectivity index (χ1) is 9.91. The van der Waals surface area contributed by atoms with Crippen LogP contribution in [0.5, 0.6) is 5.75 Å². The number of aromatic hydroxyl groups is 1. The lowest BCUT2D eigenvalue weighted by Crippen LogP contribution is -2.57. The lowest BCUT2D eigenvalue weighted by molar-refractivity contribution is 0.0397. The lowest BCUT2D eigenvalue weighted by atomic mass is 9.59. The van der Waals surface area contributed by atoms with Crippen LogP contribution in [0.1, 0.15) is 45.2 Å². The van der Waals surface area contributed by atoms with E-state index in [4.69, 9.17) is 0 Å². The van der Waals surface area contributed by atoms with Crippen molar-refractivity contribution in [2.45, 2.75) is 52.0 Å². The molecule has 2 nitrogen and oxygen atoms in total. The Labute approximate surface area is 128 Å². The zero-order valence-corrected chi connectivity index (χ0v) is 13.7. The number of rotatable bonds is 2. The van der Waals surface area contributed by atoms with E-state index in [0.29, 0.717) is 17.7 Å². The van der Waals surface area contributed by atoms with Crippen LogP contribution in [0.4, 0.5) is 0 Å². The molecule has 2 heteroatoms. The van der Waals surface area contributed by atoms with Crippen LogP contribution >= 0.6 is 0 Å². The smallest absolute Gasteiger partial charge is 0.115 e. The van der Waals surface area contributed by atoms with Gasteiger partial charge in [0.15, 0.2) is 0 Å². The van der Waals surface area contributed by atoms with Gasteiger partial charge in [0.25, 0.3) is 0 Å². The Kier molecular flexibility index (Phi) is 3.61. The van der Waals surface area contributed by atoms with Crippen molar-refractivity contribution in [2.75, 3.05) is 13.1 Å². The molecular weight excluding hydrogens is 258 g/mol. The Balaban J connectivity index is 1.96. The van der Waals surface area contributed by atoms with Gasteiger partial charge in [0, 0.05) is 12.6 Å². The molecule has 3 atom stereocenters. The highest BCUT2D eigenvalue weighted by Gasteiger charge is 2.48. The molecule has 1 fully saturated rings. The highest BCUT2D eigenvalue weighted by molar-refractivity contribution is 5.44. The number of piperidine rings is 1. The molecule has 1 aromatic carbocycles. The van der Waals surface area contributed by atoms with Crippen molar-refractivity contribution in [3.63, 3.8) is 0 Å². The molecule has 0 amide bonds. The van der Waals surface area contributed by atoms with Gasteiger partial charge in [-0.3, -0.25) is 4.90 Å². The van der Waals surface area contributed by atoms with E-state index in [1.807, 2.05) is 12.1 Å². The summed E-state index contributed by atoms with van der Waals surface area (Å²) in [5.41, 5.74) is 4.42. The monoisotopic (exact) mass is 285 g/mol. The highest BCUT2D eigenvalue weighted by Crippen LogP contribution is 2.49. The third kappa shape index (κ3) is 2.40. The predicted octanol–water partition coefficient (Wildman–Crippen LogP) is 3.88. The molecule has 0 aromatic heterocycles. The quantitative estimate of drug-likeness (QED) is 0.834. The highest BCUT2D eigenvalue weighted by atomic mass is 16.3. The maximum atomic E-state index is 9.87. The lowest BCUT2D eigenvalue weighted by Gasteiger charge is -2.54. The summed E-state index contributed by atoms with van der Waals surface area (Å²) in [5.74, 6) is 1.04. The molecular formula is C19H27NO. The van der Waals surface area contributed by atoms with Gasteiger partial charge in [-0.2, -0.15) is 0 Å². The van der Waals surface area contributed by atoms with Crippen molar-refractivity contribution >= 4 is 0 Å². The third-order valence-corrected chi connectivity index (χ3v) is 5.84. The topological polar surface area (TPSA) is 23.5 Å². The van der Waals surface area contributed by atoms with E-state index >= 15 is 0 Å². The number of likely N-dealkylation sites (tertiary alicyclic amines) is 1. The van der Waals surface area contributed by atoms with Crippen LogP contribution < -0.4 is 0 Å². The molecule has 2 bridgehead atoms. The van der Waals surface area contributed by atoms with Gasteiger partial charge in [-0.15, -0.1) is 0 Å². The van der Waals surface area contributed by atoms with Gasteiger partial charge in [-0.25, -0.2) is 0 Å². The molecule has 1 heterocycles. The summed E-state index contributed by atoms with van der Waals surface area (Å²) in [5, 5.41) is 9.87. The van der Waals surface area contributed by atoms with E-state index < -0.39 is 0 Å². The summed E-state index contributed by atoms with van der Waals surface area (Å²) >= 11 is 0. The van der Waals surface area contributed by atoms with Gasteiger partial charge in [-0.05, 0) is 67.8 Å². The van der Waals surface area contributed by atoms with Crippen molar-refractivity contribution in [3.8, 4) is 5.75 Å². The summed E-state index contributed by atoms with van der Waals surface area (Å²) in [4.78, 5) is 2.65. The number of hydrogen-bond acceptors (Lipinski definition) is 2. The SMILES string of the molecule is CC(C)=CCN1CC[C@]2(C)c3cc(O)ccc3C[C@H]1[C@@H]2C. The molecule has 21 heavy (non-hydrogen) atoms. The maximum Gasteiger partial charge on any atom is 0.115 e. The average Bonchev–Trinajstić information content (AvgIpc) is 2.43. The number of fused-ring (bicyclic) bond motifs is 4. The predicted molar refractivity (Wildman–Crippen MR) is 87.7 cm³/mol. The normalized spacial score (nSPS) is 31.6. The zero-order chi connectivity index (χ0) is 15.2. The van der Waals surface area contributed by atoms with Crippen molar-refractivity contribution in [3.05, 3.63) is 41.0 Å². The van der Waals surface area contributed by atoms with Crippen LogP contribution in [0.25, 0.3) is 0 Å². The van der Waals surface area contributed by atoms with E-state index in [2.05, 4.69) is 44.7 Å². The summed E-state index contributed by atoms with van der Waals surface area (Å²) in [6.07, 6.45) is 4.64. The molecule has 1 aromatic rings. The fraction of sp³-hybridized carbons (Fsp3) is 0.579. The Hall–Kier alpha value is -1.28. The van der Waals surface area contributed by atoms with Crippen LogP contribution in [0, 0.1) is 5.92 Å².